The monoisotopic (exact) mass is 324 g/mol. The third-order valence-corrected chi connectivity index (χ3v) is 5.28. The van der Waals surface area contributed by atoms with Gasteiger partial charge in [-0.25, -0.2) is 0 Å². The number of aryl methyl sites for hydroxylation is 1. The summed E-state index contributed by atoms with van der Waals surface area (Å²) < 4.78 is 0. The van der Waals surface area contributed by atoms with Crippen LogP contribution >= 0.6 is 23.8 Å². The predicted molar refractivity (Wildman–Crippen MR) is 90.8 cm³/mol. The van der Waals surface area contributed by atoms with E-state index in [4.69, 9.17) is 29.6 Å². The Morgan fingerprint density at radius 3 is 2.62 bits per heavy atom. The summed E-state index contributed by atoms with van der Waals surface area (Å²) in [5, 5.41) is 3.53. The van der Waals surface area contributed by atoms with E-state index < -0.39 is 5.54 Å². The maximum Gasteiger partial charge on any atom is 0.253 e. The Labute approximate surface area is 136 Å². The van der Waals surface area contributed by atoms with Crippen LogP contribution in [0.1, 0.15) is 48.5 Å². The molecule has 0 radical (unpaired) electrons. The highest BCUT2D eigenvalue weighted by Gasteiger charge is 2.38. The van der Waals surface area contributed by atoms with Crippen LogP contribution < -0.4 is 11.1 Å². The number of amides is 1. The standard InChI is InChI=1S/C16H21ClN2OS/c1-10-6-8-16(9-7-10,15(18)21)19-14(20)12-5-3-4-11(2)13(12)17/h3-5,10H,6-9H2,1-2H3,(H2,18,21)(H,19,20). The number of halogens is 1. The summed E-state index contributed by atoms with van der Waals surface area (Å²) in [5.74, 6) is 0.443. The van der Waals surface area contributed by atoms with Gasteiger partial charge in [0.1, 0.15) is 0 Å². The first kappa shape index (κ1) is 16.2. The molecule has 21 heavy (non-hydrogen) atoms. The molecule has 0 heterocycles. The molecular weight excluding hydrogens is 304 g/mol. The first-order valence-corrected chi connectivity index (χ1v) is 8.02. The Bertz CT molecular complexity index is 565. The normalized spacial score (nSPS) is 25.4. The maximum absolute atomic E-state index is 12.6. The molecule has 0 spiro atoms. The topological polar surface area (TPSA) is 55.1 Å². The van der Waals surface area contributed by atoms with Crippen molar-refractivity contribution in [1.82, 2.24) is 5.32 Å². The van der Waals surface area contributed by atoms with E-state index >= 15 is 0 Å². The highest BCUT2D eigenvalue weighted by molar-refractivity contribution is 7.80. The lowest BCUT2D eigenvalue weighted by molar-refractivity contribution is 0.0900. The van der Waals surface area contributed by atoms with Crippen molar-refractivity contribution >= 4 is 34.7 Å². The average Bonchev–Trinajstić information content (AvgIpc) is 2.44. The Hall–Kier alpha value is -1.13. The van der Waals surface area contributed by atoms with Gasteiger partial charge >= 0.3 is 0 Å². The zero-order valence-electron chi connectivity index (χ0n) is 12.4. The molecule has 1 aromatic rings. The number of hydrogen-bond donors (Lipinski definition) is 2. The van der Waals surface area contributed by atoms with E-state index in [2.05, 4.69) is 12.2 Å². The van der Waals surface area contributed by atoms with Crippen molar-refractivity contribution in [3.05, 3.63) is 34.3 Å². The first-order chi connectivity index (χ1) is 9.85. The Morgan fingerprint density at radius 2 is 2.05 bits per heavy atom. The third kappa shape index (κ3) is 3.38. The van der Waals surface area contributed by atoms with Gasteiger partial charge in [0.05, 0.1) is 21.1 Å². The molecular formula is C16H21ClN2OS. The number of nitrogens with one attached hydrogen (secondary N) is 1. The van der Waals surface area contributed by atoms with Crippen LogP contribution in [0.5, 0.6) is 0 Å². The van der Waals surface area contributed by atoms with Gasteiger partial charge < -0.3 is 11.1 Å². The Balaban J connectivity index is 2.23. The molecule has 3 nitrogen and oxygen atoms in total. The van der Waals surface area contributed by atoms with Gasteiger partial charge in [-0.05, 0) is 50.2 Å². The van der Waals surface area contributed by atoms with Crippen LogP contribution in [-0.2, 0) is 0 Å². The van der Waals surface area contributed by atoms with Crippen molar-refractivity contribution in [2.45, 2.75) is 45.1 Å². The summed E-state index contributed by atoms with van der Waals surface area (Å²) in [7, 11) is 0. The fraction of sp³-hybridized carbons (Fsp3) is 0.500. The van der Waals surface area contributed by atoms with Crippen LogP contribution in [0, 0.1) is 12.8 Å². The molecule has 0 unspecified atom stereocenters. The molecule has 1 aliphatic rings. The van der Waals surface area contributed by atoms with E-state index in [1.165, 1.54) is 0 Å². The van der Waals surface area contributed by atoms with Crippen LogP contribution in [0.4, 0.5) is 0 Å². The summed E-state index contributed by atoms with van der Waals surface area (Å²) in [6.07, 6.45) is 3.61. The Morgan fingerprint density at radius 1 is 1.43 bits per heavy atom. The van der Waals surface area contributed by atoms with Crippen molar-refractivity contribution in [3.8, 4) is 0 Å². The van der Waals surface area contributed by atoms with Crippen molar-refractivity contribution in [2.24, 2.45) is 11.7 Å². The minimum absolute atomic E-state index is 0.203. The predicted octanol–water partition coefficient (Wildman–Crippen LogP) is 3.61. The van der Waals surface area contributed by atoms with Gasteiger partial charge in [0, 0.05) is 0 Å². The molecule has 1 aliphatic carbocycles. The average molecular weight is 325 g/mol. The summed E-state index contributed by atoms with van der Waals surface area (Å²) >= 11 is 11.5. The summed E-state index contributed by atoms with van der Waals surface area (Å²) in [6, 6.07) is 5.43. The van der Waals surface area contributed by atoms with Gasteiger partial charge in [0.2, 0.25) is 0 Å². The van der Waals surface area contributed by atoms with Crippen LogP contribution in [0.2, 0.25) is 5.02 Å². The van der Waals surface area contributed by atoms with Crippen LogP contribution in [0.3, 0.4) is 0 Å². The molecule has 0 aliphatic heterocycles. The number of rotatable bonds is 3. The number of carbonyl (C=O) groups is 1. The second kappa shape index (κ2) is 6.32. The molecule has 0 atom stereocenters. The van der Waals surface area contributed by atoms with Crippen LogP contribution in [0.25, 0.3) is 0 Å². The van der Waals surface area contributed by atoms with Crippen molar-refractivity contribution in [3.63, 3.8) is 0 Å². The van der Waals surface area contributed by atoms with E-state index in [-0.39, 0.29) is 5.91 Å². The van der Waals surface area contributed by atoms with E-state index in [0.29, 0.717) is 21.5 Å². The van der Waals surface area contributed by atoms with Gasteiger partial charge in [0.25, 0.3) is 5.91 Å². The second-order valence-corrected chi connectivity index (χ2v) is 6.84. The molecule has 1 aromatic carbocycles. The smallest absolute Gasteiger partial charge is 0.253 e. The van der Waals surface area contributed by atoms with E-state index in [0.717, 1.165) is 31.2 Å². The largest absolute Gasteiger partial charge is 0.391 e. The van der Waals surface area contributed by atoms with Gasteiger partial charge in [-0.15, -0.1) is 0 Å². The van der Waals surface area contributed by atoms with Crippen LogP contribution in [0.15, 0.2) is 18.2 Å². The van der Waals surface area contributed by atoms with Crippen molar-refractivity contribution < 1.29 is 4.79 Å². The molecule has 0 bridgehead atoms. The molecule has 1 saturated carbocycles. The molecule has 0 aromatic heterocycles. The number of thiocarbonyl (C=S) groups is 1. The molecule has 114 valence electrons. The number of hydrogen-bond acceptors (Lipinski definition) is 2. The molecule has 2 rings (SSSR count). The summed E-state index contributed by atoms with van der Waals surface area (Å²) in [5.41, 5.74) is 6.71. The van der Waals surface area contributed by atoms with Gasteiger partial charge in [0.15, 0.2) is 0 Å². The zero-order valence-corrected chi connectivity index (χ0v) is 14.0. The SMILES string of the molecule is Cc1cccc(C(=O)NC2(C(N)=S)CCC(C)CC2)c1Cl. The molecule has 3 N–H and O–H groups in total. The zero-order chi connectivity index (χ0) is 15.6. The minimum Gasteiger partial charge on any atom is -0.391 e. The highest BCUT2D eigenvalue weighted by Crippen LogP contribution is 2.33. The molecule has 0 saturated heterocycles. The lowest BCUT2D eigenvalue weighted by atomic mass is 9.77. The van der Waals surface area contributed by atoms with Gasteiger partial charge in [-0.2, -0.15) is 0 Å². The minimum atomic E-state index is -0.577. The maximum atomic E-state index is 12.6. The van der Waals surface area contributed by atoms with Gasteiger partial charge in [-0.3, -0.25) is 4.79 Å². The van der Waals surface area contributed by atoms with Crippen molar-refractivity contribution in [1.29, 1.82) is 0 Å². The highest BCUT2D eigenvalue weighted by atomic mass is 35.5. The lowest BCUT2D eigenvalue weighted by Crippen LogP contribution is -2.58. The fourth-order valence-corrected chi connectivity index (χ4v) is 3.26. The van der Waals surface area contributed by atoms with E-state index in [1.54, 1.807) is 6.07 Å². The second-order valence-electron chi connectivity index (χ2n) is 6.02. The first-order valence-electron chi connectivity index (χ1n) is 7.23. The van der Waals surface area contributed by atoms with E-state index in [1.807, 2.05) is 19.1 Å². The number of benzene rings is 1. The molecule has 1 fully saturated rings. The van der Waals surface area contributed by atoms with E-state index in [9.17, 15) is 4.79 Å². The third-order valence-electron chi connectivity index (χ3n) is 4.39. The summed E-state index contributed by atoms with van der Waals surface area (Å²) in [4.78, 5) is 12.9. The number of nitrogens with two attached hydrogens (primary N) is 1. The molecule has 1 amide bonds. The Kier molecular flexibility index (Phi) is 4.89. The van der Waals surface area contributed by atoms with Crippen LogP contribution in [-0.4, -0.2) is 16.4 Å². The lowest BCUT2D eigenvalue weighted by Gasteiger charge is -2.39. The summed E-state index contributed by atoms with van der Waals surface area (Å²) in [6.45, 7) is 4.09. The van der Waals surface area contributed by atoms with Gasteiger partial charge in [-0.1, -0.05) is 42.9 Å². The number of carbonyl (C=O) groups excluding carboxylic acids is 1. The fourth-order valence-electron chi connectivity index (χ4n) is 2.80. The quantitative estimate of drug-likeness (QED) is 0.835. The van der Waals surface area contributed by atoms with Crippen molar-refractivity contribution in [2.75, 3.05) is 0 Å². The molecule has 5 heteroatoms.